The standard InChI is InChI=1S/C22H25Cl4N3O4S/c1-13(2)27-22(31)14(3)28(11-16-17(24)6-5-7-18(16)25)21(30)12-29(34(4,32)33)20-10-15(23)8-9-19(20)26/h5-10,13-14H,11-12H2,1-4H3,(H,27,31). The third-order valence-corrected chi connectivity index (χ3v) is 7.23. The highest BCUT2D eigenvalue weighted by Crippen LogP contribution is 2.31. The van der Waals surface area contributed by atoms with E-state index in [0.717, 1.165) is 10.6 Å². The van der Waals surface area contributed by atoms with E-state index in [2.05, 4.69) is 5.32 Å². The lowest BCUT2D eigenvalue weighted by Crippen LogP contribution is -2.52. The van der Waals surface area contributed by atoms with Gasteiger partial charge in [0.2, 0.25) is 21.8 Å². The molecule has 2 aromatic rings. The van der Waals surface area contributed by atoms with Gasteiger partial charge >= 0.3 is 0 Å². The Bertz CT molecular complexity index is 1150. The number of amides is 2. The fourth-order valence-electron chi connectivity index (χ4n) is 3.11. The number of rotatable bonds is 9. The predicted molar refractivity (Wildman–Crippen MR) is 138 cm³/mol. The number of carbonyl (C=O) groups excluding carboxylic acids is 2. The van der Waals surface area contributed by atoms with Gasteiger partial charge in [-0.2, -0.15) is 0 Å². The molecule has 1 N–H and O–H groups in total. The molecule has 0 fully saturated rings. The van der Waals surface area contributed by atoms with Crippen LogP contribution in [0.1, 0.15) is 26.3 Å². The normalized spacial score (nSPS) is 12.4. The highest BCUT2D eigenvalue weighted by atomic mass is 35.5. The van der Waals surface area contributed by atoms with Crippen molar-refractivity contribution in [2.45, 2.75) is 39.4 Å². The van der Waals surface area contributed by atoms with E-state index in [9.17, 15) is 18.0 Å². The number of nitrogens with zero attached hydrogens (tertiary/aromatic N) is 2. The Morgan fingerprint density at radius 2 is 1.56 bits per heavy atom. The summed E-state index contributed by atoms with van der Waals surface area (Å²) in [6.45, 7) is 4.37. The quantitative estimate of drug-likeness (QED) is 0.461. The van der Waals surface area contributed by atoms with Crippen LogP contribution in [0.3, 0.4) is 0 Å². The first-order chi connectivity index (χ1) is 15.7. The zero-order valence-electron chi connectivity index (χ0n) is 19.0. The Morgan fingerprint density at radius 3 is 2.09 bits per heavy atom. The van der Waals surface area contributed by atoms with Crippen LogP contribution in [0.4, 0.5) is 5.69 Å². The second kappa shape index (κ2) is 11.8. The summed E-state index contributed by atoms with van der Waals surface area (Å²) in [6, 6.07) is 8.02. The fourth-order valence-corrected chi connectivity index (χ4v) is 4.92. The van der Waals surface area contributed by atoms with Crippen molar-refractivity contribution < 1.29 is 18.0 Å². The number of halogens is 4. The van der Waals surface area contributed by atoms with Gasteiger partial charge < -0.3 is 10.2 Å². The molecule has 0 heterocycles. The molecule has 0 radical (unpaired) electrons. The van der Waals surface area contributed by atoms with Gasteiger partial charge in [0.05, 0.1) is 17.0 Å². The SMILES string of the molecule is CC(C)NC(=O)C(C)N(Cc1c(Cl)cccc1Cl)C(=O)CN(c1cc(Cl)ccc1Cl)S(C)(=O)=O. The monoisotopic (exact) mass is 567 g/mol. The van der Waals surface area contributed by atoms with Crippen molar-refractivity contribution in [1.29, 1.82) is 0 Å². The second-order valence-corrected chi connectivity index (χ2v) is 11.5. The summed E-state index contributed by atoms with van der Waals surface area (Å²) in [7, 11) is -3.95. The molecule has 0 aliphatic rings. The van der Waals surface area contributed by atoms with Crippen molar-refractivity contribution in [1.82, 2.24) is 10.2 Å². The molecular formula is C22H25Cl4N3O4S. The summed E-state index contributed by atoms with van der Waals surface area (Å²) in [5.41, 5.74) is 0.468. The number of nitrogens with one attached hydrogen (secondary N) is 1. The molecule has 34 heavy (non-hydrogen) atoms. The molecule has 2 rings (SSSR count). The molecule has 0 aliphatic carbocycles. The maximum Gasteiger partial charge on any atom is 0.244 e. The number of benzene rings is 2. The van der Waals surface area contributed by atoms with Crippen LogP contribution >= 0.6 is 46.4 Å². The Hall–Kier alpha value is -1.71. The lowest BCUT2D eigenvalue weighted by atomic mass is 10.1. The molecule has 1 atom stereocenters. The number of anilines is 1. The molecule has 0 spiro atoms. The molecule has 0 bridgehead atoms. The summed E-state index contributed by atoms with van der Waals surface area (Å²) in [5.74, 6) is -1.08. The largest absolute Gasteiger partial charge is 0.352 e. The lowest BCUT2D eigenvalue weighted by molar-refractivity contribution is -0.139. The first-order valence-corrected chi connectivity index (χ1v) is 13.5. The van der Waals surface area contributed by atoms with E-state index in [1.807, 2.05) is 0 Å². The number of hydrogen-bond acceptors (Lipinski definition) is 4. The molecule has 186 valence electrons. The van der Waals surface area contributed by atoms with Crippen molar-refractivity contribution in [3.05, 3.63) is 62.1 Å². The third kappa shape index (κ3) is 7.39. The van der Waals surface area contributed by atoms with Gasteiger partial charge in [-0.05, 0) is 51.1 Å². The van der Waals surface area contributed by atoms with E-state index >= 15 is 0 Å². The van der Waals surface area contributed by atoms with Crippen LogP contribution in [-0.4, -0.2) is 50.0 Å². The third-order valence-electron chi connectivity index (χ3n) is 4.84. The number of carbonyl (C=O) groups is 2. The van der Waals surface area contributed by atoms with Crippen molar-refractivity contribution in [2.24, 2.45) is 0 Å². The maximum atomic E-state index is 13.5. The van der Waals surface area contributed by atoms with Crippen LogP contribution in [0.25, 0.3) is 0 Å². The van der Waals surface area contributed by atoms with Gasteiger partial charge in [0.1, 0.15) is 12.6 Å². The van der Waals surface area contributed by atoms with Gasteiger partial charge in [-0.3, -0.25) is 13.9 Å². The smallest absolute Gasteiger partial charge is 0.244 e. The van der Waals surface area contributed by atoms with Crippen LogP contribution in [0.15, 0.2) is 36.4 Å². The zero-order chi connectivity index (χ0) is 25.8. The molecule has 1 unspecified atom stereocenters. The first-order valence-electron chi connectivity index (χ1n) is 10.2. The molecule has 12 heteroatoms. The second-order valence-electron chi connectivity index (χ2n) is 7.93. The number of sulfonamides is 1. The zero-order valence-corrected chi connectivity index (χ0v) is 22.8. The minimum atomic E-state index is -3.95. The molecule has 0 saturated heterocycles. The topological polar surface area (TPSA) is 86.8 Å². The van der Waals surface area contributed by atoms with Crippen LogP contribution in [0.5, 0.6) is 0 Å². The van der Waals surface area contributed by atoms with Gasteiger partial charge in [-0.1, -0.05) is 52.5 Å². The molecule has 0 saturated carbocycles. The number of hydrogen-bond donors (Lipinski definition) is 1. The average Bonchev–Trinajstić information content (AvgIpc) is 2.72. The van der Waals surface area contributed by atoms with E-state index < -0.39 is 34.4 Å². The highest BCUT2D eigenvalue weighted by Gasteiger charge is 2.31. The van der Waals surface area contributed by atoms with Crippen molar-refractivity contribution >= 4 is 73.9 Å². The van der Waals surface area contributed by atoms with Crippen molar-refractivity contribution in [3.8, 4) is 0 Å². The summed E-state index contributed by atoms with van der Waals surface area (Å²) < 4.78 is 26.0. The molecule has 2 amide bonds. The van der Waals surface area contributed by atoms with E-state index in [4.69, 9.17) is 46.4 Å². The Balaban J connectivity index is 2.50. The van der Waals surface area contributed by atoms with E-state index in [-0.39, 0.29) is 28.3 Å². The van der Waals surface area contributed by atoms with Gasteiger partial charge in [0.25, 0.3) is 0 Å². The Kier molecular flexibility index (Phi) is 9.91. The fraction of sp³-hybridized carbons (Fsp3) is 0.364. The van der Waals surface area contributed by atoms with Gasteiger partial charge in [0, 0.05) is 33.2 Å². The minimum Gasteiger partial charge on any atom is -0.352 e. The van der Waals surface area contributed by atoms with Gasteiger partial charge in [-0.25, -0.2) is 8.42 Å². The predicted octanol–water partition coefficient (Wildman–Crippen LogP) is 5.01. The summed E-state index contributed by atoms with van der Waals surface area (Å²) >= 11 is 24.8. The van der Waals surface area contributed by atoms with Crippen LogP contribution in [0, 0.1) is 0 Å². The van der Waals surface area contributed by atoms with Gasteiger partial charge in [0.15, 0.2) is 0 Å². The average molecular weight is 569 g/mol. The molecular weight excluding hydrogens is 544 g/mol. The van der Waals surface area contributed by atoms with E-state index in [1.165, 1.54) is 30.0 Å². The lowest BCUT2D eigenvalue weighted by Gasteiger charge is -2.32. The van der Waals surface area contributed by atoms with Crippen molar-refractivity contribution in [2.75, 3.05) is 17.1 Å². The Morgan fingerprint density at radius 1 is 0.971 bits per heavy atom. The first kappa shape index (κ1) is 28.5. The molecule has 2 aromatic carbocycles. The summed E-state index contributed by atoms with van der Waals surface area (Å²) in [6.07, 6.45) is 0.946. The summed E-state index contributed by atoms with van der Waals surface area (Å²) in [5, 5.41) is 3.70. The van der Waals surface area contributed by atoms with Gasteiger partial charge in [-0.15, -0.1) is 0 Å². The minimum absolute atomic E-state index is 0.0417. The highest BCUT2D eigenvalue weighted by molar-refractivity contribution is 7.92. The van der Waals surface area contributed by atoms with Crippen LogP contribution < -0.4 is 9.62 Å². The maximum absolute atomic E-state index is 13.5. The van der Waals surface area contributed by atoms with Crippen LogP contribution in [0.2, 0.25) is 20.1 Å². The molecule has 0 aromatic heterocycles. The van der Waals surface area contributed by atoms with E-state index in [0.29, 0.717) is 15.6 Å². The Labute approximate surface area is 220 Å². The summed E-state index contributed by atoms with van der Waals surface area (Å²) in [4.78, 5) is 27.5. The van der Waals surface area contributed by atoms with Crippen molar-refractivity contribution in [3.63, 3.8) is 0 Å². The molecule has 0 aliphatic heterocycles. The van der Waals surface area contributed by atoms with Crippen LogP contribution in [-0.2, 0) is 26.2 Å². The molecule has 7 nitrogen and oxygen atoms in total. The van der Waals surface area contributed by atoms with E-state index in [1.54, 1.807) is 32.0 Å².